The van der Waals surface area contributed by atoms with E-state index in [9.17, 15) is 4.39 Å². The van der Waals surface area contributed by atoms with E-state index in [0.29, 0.717) is 30.0 Å². The van der Waals surface area contributed by atoms with Crippen LogP contribution in [-0.2, 0) is 11.3 Å². The van der Waals surface area contributed by atoms with Crippen LogP contribution in [0.3, 0.4) is 0 Å². The van der Waals surface area contributed by atoms with Crippen LogP contribution in [0, 0.1) is 5.82 Å². The fraction of sp³-hybridized carbons (Fsp3) is 0.500. The second-order valence-electron chi connectivity index (χ2n) is 4.91. The number of ether oxygens (including phenoxy) is 1. The van der Waals surface area contributed by atoms with Gasteiger partial charge in [-0.25, -0.2) is 9.37 Å². The lowest BCUT2D eigenvalue weighted by molar-refractivity contribution is 0.0729. The Morgan fingerprint density at radius 3 is 2.65 bits per heavy atom. The van der Waals surface area contributed by atoms with Gasteiger partial charge in [0.15, 0.2) is 0 Å². The maximum absolute atomic E-state index is 13.7. The van der Waals surface area contributed by atoms with Crippen molar-refractivity contribution >= 4 is 34.2 Å². The summed E-state index contributed by atoms with van der Waals surface area (Å²) in [5.74, 6) is 0.231. The quantitative estimate of drug-likeness (QED) is 0.756. The molecule has 0 fully saturated rings. The number of aromatic nitrogens is 2. The van der Waals surface area contributed by atoms with Crippen LogP contribution in [-0.4, -0.2) is 22.3 Å². The normalized spacial score (nSPS) is 13.3. The lowest BCUT2D eigenvalue weighted by Gasteiger charge is -2.12. The molecule has 1 unspecified atom stereocenters. The zero-order chi connectivity index (χ0) is 14.9. The van der Waals surface area contributed by atoms with Crippen LogP contribution in [0.15, 0.2) is 12.1 Å². The van der Waals surface area contributed by atoms with Crippen molar-refractivity contribution in [2.45, 2.75) is 38.8 Å². The van der Waals surface area contributed by atoms with E-state index in [4.69, 9.17) is 27.9 Å². The standard InChI is InChI=1S/C14H17Cl2FN2O/c1-8(2)20-5-4-19-13-7-11(17)10(16)6-12(13)18-14(19)9(3)15/h6-9H,4-5H2,1-3H3. The summed E-state index contributed by atoms with van der Waals surface area (Å²) in [5.41, 5.74) is 1.32. The summed E-state index contributed by atoms with van der Waals surface area (Å²) in [5, 5.41) is -0.211. The molecule has 0 spiro atoms. The molecule has 0 aliphatic heterocycles. The number of halogens is 3. The van der Waals surface area contributed by atoms with Crippen molar-refractivity contribution < 1.29 is 9.13 Å². The molecule has 1 aromatic heterocycles. The highest BCUT2D eigenvalue weighted by molar-refractivity contribution is 6.31. The summed E-state index contributed by atoms with van der Waals surface area (Å²) in [6, 6.07) is 2.91. The third kappa shape index (κ3) is 3.25. The van der Waals surface area contributed by atoms with Crippen molar-refractivity contribution in [3.8, 4) is 0 Å². The first-order chi connectivity index (χ1) is 9.40. The van der Waals surface area contributed by atoms with Crippen LogP contribution in [0.4, 0.5) is 4.39 Å². The average Bonchev–Trinajstić information content (AvgIpc) is 2.68. The number of hydrogen-bond donors (Lipinski definition) is 0. The molecule has 0 radical (unpaired) electrons. The van der Waals surface area contributed by atoms with Crippen molar-refractivity contribution in [1.29, 1.82) is 0 Å². The number of hydrogen-bond acceptors (Lipinski definition) is 2. The molecule has 1 heterocycles. The highest BCUT2D eigenvalue weighted by atomic mass is 35.5. The Morgan fingerprint density at radius 2 is 2.05 bits per heavy atom. The van der Waals surface area contributed by atoms with E-state index >= 15 is 0 Å². The smallest absolute Gasteiger partial charge is 0.144 e. The van der Waals surface area contributed by atoms with E-state index in [1.54, 1.807) is 0 Å². The molecule has 20 heavy (non-hydrogen) atoms. The molecule has 0 aliphatic rings. The number of imidazole rings is 1. The van der Waals surface area contributed by atoms with Crippen LogP contribution in [0.2, 0.25) is 5.02 Å². The molecule has 6 heteroatoms. The Balaban J connectivity index is 2.42. The van der Waals surface area contributed by atoms with E-state index in [-0.39, 0.29) is 16.5 Å². The van der Waals surface area contributed by atoms with E-state index in [1.807, 2.05) is 25.3 Å². The van der Waals surface area contributed by atoms with Crippen LogP contribution >= 0.6 is 23.2 Å². The Bertz CT molecular complexity index is 611. The number of alkyl halides is 1. The largest absolute Gasteiger partial charge is 0.377 e. The molecule has 0 N–H and O–H groups in total. The summed E-state index contributed by atoms with van der Waals surface area (Å²) in [4.78, 5) is 4.44. The lowest BCUT2D eigenvalue weighted by atomic mass is 10.3. The van der Waals surface area contributed by atoms with E-state index in [2.05, 4.69) is 4.98 Å². The third-order valence-electron chi connectivity index (χ3n) is 2.94. The van der Waals surface area contributed by atoms with Gasteiger partial charge >= 0.3 is 0 Å². The van der Waals surface area contributed by atoms with Crippen molar-refractivity contribution in [1.82, 2.24) is 9.55 Å². The summed E-state index contributed by atoms with van der Waals surface area (Å²) < 4.78 is 21.1. The summed E-state index contributed by atoms with van der Waals surface area (Å²) in [7, 11) is 0. The zero-order valence-corrected chi connectivity index (χ0v) is 13.2. The van der Waals surface area contributed by atoms with Gasteiger partial charge in [0.05, 0.1) is 34.1 Å². The van der Waals surface area contributed by atoms with Crippen molar-refractivity contribution in [3.63, 3.8) is 0 Å². The first-order valence-electron chi connectivity index (χ1n) is 6.51. The van der Waals surface area contributed by atoms with Gasteiger partial charge in [0.1, 0.15) is 11.6 Å². The van der Waals surface area contributed by atoms with Gasteiger partial charge < -0.3 is 9.30 Å². The molecule has 1 atom stereocenters. The van der Waals surface area contributed by atoms with Crippen LogP contribution in [0.1, 0.15) is 32.0 Å². The van der Waals surface area contributed by atoms with Gasteiger partial charge in [-0.1, -0.05) is 11.6 Å². The predicted molar refractivity (Wildman–Crippen MR) is 80.1 cm³/mol. The average molecular weight is 319 g/mol. The van der Waals surface area contributed by atoms with Crippen molar-refractivity contribution in [2.75, 3.05) is 6.61 Å². The second-order valence-corrected chi connectivity index (χ2v) is 5.97. The highest BCUT2D eigenvalue weighted by Gasteiger charge is 2.16. The Hall–Kier alpha value is -0.840. The fourth-order valence-electron chi connectivity index (χ4n) is 2.06. The molecule has 0 saturated carbocycles. The van der Waals surface area contributed by atoms with E-state index in [1.165, 1.54) is 12.1 Å². The van der Waals surface area contributed by atoms with Crippen LogP contribution in [0.5, 0.6) is 0 Å². The molecule has 1 aromatic carbocycles. The van der Waals surface area contributed by atoms with Gasteiger partial charge in [0.2, 0.25) is 0 Å². The second kappa shape index (κ2) is 6.29. The highest BCUT2D eigenvalue weighted by Crippen LogP contribution is 2.28. The first-order valence-corrected chi connectivity index (χ1v) is 7.32. The van der Waals surface area contributed by atoms with Gasteiger partial charge in [-0.15, -0.1) is 11.6 Å². The minimum atomic E-state index is -0.459. The summed E-state index contributed by atoms with van der Waals surface area (Å²) >= 11 is 11.9. The molecule has 0 saturated heterocycles. The van der Waals surface area contributed by atoms with Gasteiger partial charge in [0, 0.05) is 12.6 Å². The minimum absolute atomic E-state index is 0.0642. The van der Waals surface area contributed by atoms with Gasteiger partial charge in [-0.2, -0.15) is 0 Å². The monoisotopic (exact) mass is 318 g/mol. The lowest BCUT2D eigenvalue weighted by Crippen LogP contribution is -2.13. The topological polar surface area (TPSA) is 27.1 Å². The van der Waals surface area contributed by atoms with Crippen LogP contribution < -0.4 is 0 Å². The van der Waals surface area contributed by atoms with Gasteiger partial charge in [-0.3, -0.25) is 0 Å². The first kappa shape index (κ1) is 15.5. The molecule has 0 amide bonds. The Labute approximate surface area is 127 Å². The molecule has 2 rings (SSSR count). The molecule has 0 bridgehead atoms. The number of rotatable bonds is 5. The number of fused-ring (bicyclic) bond motifs is 1. The van der Waals surface area contributed by atoms with Gasteiger partial charge in [-0.05, 0) is 26.8 Å². The maximum atomic E-state index is 13.7. The molecule has 3 nitrogen and oxygen atoms in total. The Kier molecular flexibility index (Phi) is 4.89. The molecule has 110 valence electrons. The fourth-order valence-corrected chi connectivity index (χ4v) is 2.38. The van der Waals surface area contributed by atoms with Crippen molar-refractivity contribution in [2.24, 2.45) is 0 Å². The van der Waals surface area contributed by atoms with Crippen molar-refractivity contribution in [3.05, 3.63) is 28.8 Å². The minimum Gasteiger partial charge on any atom is -0.377 e. The maximum Gasteiger partial charge on any atom is 0.144 e. The Morgan fingerprint density at radius 1 is 1.35 bits per heavy atom. The number of benzene rings is 1. The number of nitrogens with zero attached hydrogens (tertiary/aromatic N) is 2. The molecular weight excluding hydrogens is 302 g/mol. The van der Waals surface area contributed by atoms with Gasteiger partial charge in [0.25, 0.3) is 0 Å². The molecular formula is C14H17Cl2FN2O. The van der Waals surface area contributed by atoms with Crippen LogP contribution in [0.25, 0.3) is 11.0 Å². The van der Waals surface area contributed by atoms with E-state index < -0.39 is 5.82 Å². The summed E-state index contributed by atoms with van der Waals surface area (Å²) in [6.07, 6.45) is 0.146. The SMILES string of the molecule is CC(C)OCCn1c(C(C)Cl)nc2cc(Cl)c(F)cc21. The predicted octanol–water partition coefficient (Wildman–Crippen LogP) is 4.55. The molecule has 0 aliphatic carbocycles. The zero-order valence-electron chi connectivity index (χ0n) is 11.7. The third-order valence-corrected chi connectivity index (χ3v) is 3.43. The van der Waals surface area contributed by atoms with E-state index in [0.717, 1.165) is 0 Å². The molecule has 2 aromatic rings. The summed E-state index contributed by atoms with van der Waals surface area (Å²) in [6.45, 7) is 6.86.